The van der Waals surface area contributed by atoms with Gasteiger partial charge in [0.25, 0.3) is 0 Å². The van der Waals surface area contributed by atoms with Crippen molar-refractivity contribution in [2.75, 3.05) is 6.54 Å². The first-order valence-corrected chi connectivity index (χ1v) is 12.4. The summed E-state index contributed by atoms with van der Waals surface area (Å²) in [5.74, 6) is -1.39. The van der Waals surface area contributed by atoms with Crippen LogP contribution in [0.25, 0.3) is 0 Å². The zero-order valence-corrected chi connectivity index (χ0v) is 20.8. The molecule has 1 saturated heterocycles. The number of likely N-dealkylation sites (tertiary alicyclic amines) is 1. The number of carbonyl (C=O) groups excluding carboxylic acids is 4. The summed E-state index contributed by atoms with van der Waals surface area (Å²) in [6, 6.07) is 7.26. The van der Waals surface area contributed by atoms with E-state index in [4.69, 9.17) is 0 Å². The quantitative estimate of drug-likeness (QED) is 0.422. The molecule has 4 amide bonds. The molecule has 1 aliphatic heterocycles. The molecule has 1 fully saturated rings. The summed E-state index contributed by atoms with van der Waals surface area (Å²) in [7, 11) is 0. The Bertz CT molecular complexity index is 914. The molecule has 3 rings (SSSR count). The standard InChI is InChI=1S/C27H37N3O4/c1-5-19(4)28-25(32)23(6-2)30(17-20-13-11-18(3)12-14-20)24(31)15-16-29-26(33)21-9-7-8-10-22(21)27(29)34/h7-8,11-14,19,21-23H,5-6,9-10,15-17H2,1-4H3,(H,28,32)/t19?,21-,22+,23?. The number of benzene rings is 1. The average molecular weight is 468 g/mol. The topological polar surface area (TPSA) is 86.8 Å². The Balaban J connectivity index is 1.75. The van der Waals surface area contributed by atoms with E-state index >= 15 is 0 Å². The fraction of sp³-hybridized carbons (Fsp3) is 0.556. The van der Waals surface area contributed by atoms with Crippen molar-refractivity contribution in [3.8, 4) is 0 Å². The molecule has 7 heteroatoms. The number of fused-ring (bicyclic) bond motifs is 1. The Hall–Kier alpha value is -2.96. The van der Waals surface area contributed by atoms with Crippen LogP contribution in [0.5, 0.6) is 0 Å². The molecular weight excluding hydrogens is 430 g/mol. The van der Waals surface area contributed by atoms with Crippen LogP contribution in [0.15, 0.2) is 36.4 Å². The summed E-state index contributed by atoms with van der Waals surface area (Å²) >= 11 is 0. The van der Waals surface area contributed by atoms with E-state index in [0.29, 0.717) is 25.8 Å². The third kappa shape index (κ3) is 5.75. The van der Waals surface area contributed by atoms with E-state index in [9.17, 15) is 19.2 Å². The van der Waals surface area contributed by atoms with E-state index in [0.717, 1.165) is 17.5 Å². The summed E-state index contributed by atoms with van der Waals surface area (Å²) in [6.07, 6.45) is 6.32. The van der Waals surface area contributed by atoms with Crippen molar-refractivity contribution in [2.45, 2.75) is 78.4 Å². The lowest BCUT2D eigenvalue weighted by Gasteiger charge is -2.32. The van der Waals surface area contributed by atoms with E-state index in [-0.39, 0.29) is 54.5 Å². The van der Waals surface area contributed by atoms with Gasteiger partial charge in [-0.15, -0.1) is 0 Å². The zero-order chi connectivity index (χ0) is 24.8. The molecule has 0 bridgehead atoms. The second-order valence-corrected chi connectivity index (χ2v) is 9.48. The van der Waals surface area contributed by atoms with Crippen molar-refractivity contribution in [2.24, 2.45) is 11.8 Å². The van der Waals surface area contributed by atoms with Crippen LogP contribution in [-0.2, 0) is 25.7 Å². The van der Waals surface area contributed by atoms with Crippen LogP contribution in [0, 0.1) is 18.8 Å². The molecule has 1 aromatic carbocycles. The van der Waals surface area contributed by atoms with Gasteiger partial charge >= 0.3 is 0 Å². The summed E-state index contributed by atoms with van der Waals surface area (Å²) in [4.78, 5) is 54.9. The predicted molar refractivity (Wildman–Crippen MR) is 130 cm³/mol. The monoisotopic (exact) mass is 467 g/mol. The van der Waals surface area contributed by atoms with Crippen molar-refractivity contribution in [1.29, 1.82) is 0 Å². The number of amides is 4. The molecule has 184 valence electrons. The second-order valence-electron chi connectivity index (χ2n) is 9.48. The first-order chi connectivity index (χ1) is 16.3. The van der Waals surface area contributed by atoms with Gasteiger partial charge < -0.3 is 10.2 Å². The Kier molecular flexibility index (Phi) is 8.64. The molecule has 2 aliphatic rings. The van der Waals surface area contributed by atoms with Crippen LogP contribution in [0.1, 0.15) is 64.0 Å². The van der Waals surface area contributed by atoms with Gasteiger partial charge in [-0.1, -0.05) is 55.8 Å². The minimum atomic E-state index is -0.625. The van der Waals surface area contributed by atoms with Crippen LogP contribution in [0.2, 0.25) is 0 Å². The number of nitrogens with one attached hydrogen (secondary N) is 1. The number of imide groups is 1. The van der Waals surface area contributed by atoms with Crippen LogP contribution < -0.4 is 5.32 Å². The van der Waals surface area contributed by atoms with Crippen molar-refractivity contribution in [1.82, 2.24) is 15.1 Å². The van der Waals surface area contributed by atoms with Crippen LogP contribution >= 0.6 is 0 Å². The maximum atomic E-state index is 13.4. The molecule has 4 atom stereocenters. The molecule has 0 spiro atoms. The lowest BCUT2D eigenvalue weighted by atomic mass is 9.85. The third-order valence-corrected chi connectivity index (χ3v) is 7.01. The lowest BCUT2D eigenvalue weighted by Crippen LogP contribution is -2.51. The predicted octanol–water partition coefficient (Wildman–Crippen LogP) is 3.36. The third-order valence-electron chi connectivity index (χ3n) is 7.01. The van der Waals surface area contributed by atoms with Gasteiger partial charge in [-0.2, -0.15) is 0 Å². The van der Waals surface area contributed by atoms with E-state index in [1.54, 1.807) is 4.90 Å². The smallest absolute Gasteiger partial charge is 0.243 e. The molecule has 0 saturated carbocycles. The number of hydrogen-bond donors (Lipinski definition) is 1. The number of nitrogens with zero attached hydrogens (tertiary/aromatic N) is 2. The fourth-order valence-corrected chi connectivity index (χ4v) is 4.69. The molecule has 34 heavy (non-hydrogen) atoms. The fourth-order valence-electron chi connectivity index (χ4n) is 4.69. The van der Waals surface area contributed by atoms with Crippen molar-refractivity contribution in [3.05, 3.63) is 47.5 Å². The van der Waals surface area contributed by atoms with Gasteiger partial charge in [-0.25, -0.2) is 0 Å². The molecule has 1 aliphatic carbocycles. The van der Waals surface area contributed by atoms with Gasteiger partial charge in [0.05, 0.1) is 11.8 Å². The highest BCUT2D eigenvalue weighted by atomic mass is 16.2. The number of hydrogen-bond acceptors (Lipinski definition) is 4. The lowest BCUT2D eigenvalue weighted by molar-refractivity contribution is -0.144. The Morgan fingerprint density at radius 3 is 2.15 bits per heavy atom. The normalized spacial score (nSPS) is 21.2. The van der Waals surface area contributed by atoms with E-state index in [2.05, 4.69) is 5.32 Å². The van der Waals surface area contributed by atoms with Crippen LogP contribution in [-0.4, -0.2) is 52.1 Å². The highest BCUT2D eigenvalue weighted by Crippen LogP contribution is 2.35. The van der Waals surface area contributed by atoms with Gasteiger partial charge in [0.1, 0.15) is 6.04 Å². The van der Waals surface area contributed by atoms with Gasteiger partial charge in [0.2, 0.25) is 23.6 Å². The number of rotatable bonds is 10. The molecule has 1 aromatic rings. The second kappa shape index (κ2) is 11.4. The largest absolute Gasteiger partial charge is 0.352 e. The van der Waals surface area contributed by atoms with Gasteiger partial charge in [0.15, 0.2) is 0 Å². The summed E-state index contributed by atoms with van der Waals surface area (Å²) in [5.41, 5.74) is 2.05. The SMILES string of the molecule is CCC(C)NC(=O)C(CC)N(Cc1ccc(C)cc1)C(=O)CCN1C(=O)[C@H]2CC=CC[C@H]2C1=O. The summed E-state index contributed by atoms with van der Waals surface area (Å²) < 4.78 is 0. The number of allylic oxidation sites excluding steroid dienone is 2. The zero-order valence-electron chi connectivity index (χ0n) is 20.8. The number of carbonyl (C=O) groups is 4. The minimum Gasteiger partial charge on any atom is -0.352 e. The molecule has 1 heterocycles. The van der Waals surface area contributed by atoms with E-state index < -0.39 is 6.04 Å². The average Bonchev–Trinajstić information content (AvgIpc) is 3.08. The minimum absolute atomic E-state index is 0.00329. The van der Waals surface area contributed by atoms with E-state index in [1.807, 2.05) is 64.1 Å². The Morgan fingerprint density at radius 1 is 1.03 bits per heavy atom. The van der Waals surface area contributed by atoms with Crippen molar-refractivity contribution >= 4 is 23.6 Å². The Labute approximate surface area is 202 Å². The van der Waals surface area contributed by atoms with Crippen LogP contribution in [0.3, 0.4) is 0 Å². The van der Waals surface area contributed by atoms with Crippen molar-refractivity contribution in [3.63, 3.8) is 0 Å². The summed E-state index contributed by atoms with van der Waals surface area (Å²) in [5, 5.41) is 3.00. The maximum Gasteiger partial charge on any atom is 0.243 e. The first-order valence-electron chi connectivity index (χ1n) is 12.4. The molecular formula is C27H37N3O4. The van der Waals surface area contributed by atoms with Gasteiger partial charge in [-0.05, 0) is 45.1 Å². The molecule has 0 radical (unpaired) electrons. The molecule has 0 aromatic heterocycles. The van der Waals surface area contributed by atoms with Crippen LogP contribution in [0.4, 0.5) is 0 Å². The first kappa shape index (κ1) is 25.7. The van der Waals surface area contributed by atoms with Crippen molar-refractivity contribution < 1.29 is 19.2 Å². The highest BCUT2D eigenvalue weighted by molar-refractivity contribution is 6.05. The summed E-state index contributed by atoms with van der Waals surface area (Å²) in [6.45, 7) is 8.17. The van der Waals surface area contributed by atoms with Gasteiger partial charge in [-0.3, -0.25) is 24.1 Å². The maximum absolute atomic E-state index is 13.4. The van der Waals surface area contributed by atoms with Gasteiger partial charge in [0, 0.05) is 25.6 Å². The number of aryl methyl sites for hydroxylation is 1. The Morgan fingerprint density at radius 2 is 1.62 bits per heavy atom. The van der Waals surface area contributed by atoms with E-state index in [1.165, 1.54) is 4.90 Å². The highest BCUT2D eigenvalue weighted by Gasteiger charge is 2.47. The molecule has 2 unspecified atom stereocenters. The molecule has 7 nitrogen and oxygen atoms in total. The molecule has 1 N–H and O–H groups in total.